The Bertz CT molecular complexity index is 736. The van der Waals surface area contributed by atoms with Gasteiger partial charge in [0.25, 0.3) is 11.8 Å². The molecule has 0 atom stereocenters. The van der Waals surface area contributed by atoms with Crippen molar-refractivity contribution in [3.05, 3.63) is 59.7 Å². The number of rotatable bonds is 6. The zero-order valence-corrected chi connectivity index (χ0v) is 12.9. The summed E-state index contributed by atoms with van der Waals surface area (Å²) in [4.78, 5) is 23.6. The molecule has 0 aliphatic heterocycles. The molecule has 0 aliphatic carbocycles. The number of anilines is 2. The summed E-state index contributed by atoms with van der Waals surface area (Å²) in [6.07, 6.45) is 0. The Morgan fingerprint density at radius 2 is 1.75 bits per heavy atom. The van der Waals surface area contributed by atoms with E-state index in [1.165, 1.54) is 0 Å². The predicted octanol–water partition coefficient (Wildman–Crippen LogP) is 3.19. The minimum atomic E-state index is -1.07. The molecule has 0 saturated heterocycles. The lowest BCUT2D eigenvalue weighted by Crippen LogP contribution is -2.21. The van der Waals surface area contributed by atoms with Crippen LogP contribution in [0.3, 0.4) is 0 Å². The van der Waals surface area contributed by atoms with Crippen molar-refractivity contribution in [3.8, 4) is 0 Å². The highest BCUT2D eigenvalue weighted by atomic mass is 19.1. The Hall–Kier alpha value is -2.80. The van der Waals surface area contributed by atoms with Gasteiger partial charge in [-0.1, -0.05) is 18.2 Å². The number of hydrogen-bond donors (Lipinski definition) is 2. The predicted molar refractivity (Wildman–Crippen MR) is 85.9 cm³/mol. The molecule has 0 unspecified atom stereocenters. The Balaban J connectivity index is 2.18. The number of carbonyl (C=O) groups excluding carboxylic acids is 2. The van der Waals surface area contributed by atoms with Gasteiger partial charge in [0.2, 0.25) is 0 Å². The normalized spacial score (nSPS) is 10.3. The molecule has 5 nitrogen and oxygen atoms in total. The lowest BCUT2D eigenvalue weighted by Gasteiger charge is -2.12. The minimum Gasteiger partial charge on any atom is -0.372 e. The molecule has 7 heteroatoms. The Kier molecular flexibility index (Phi) is 5.97. The topological polar surface area (TPSA) is 67.4 Å². The van der Waals surface area contributed by atoms with E-state index in [0.717, 1.165) is 12.1 Å². The maximum atomic E-state index is 14.4. The van der Waals surface area contributed by atoms with Crippen molar-refractivity contribution in [2.45, 2.75) is 6.92 Å². The second-order valence-electron chi connectivity index (χ2n) is 4.79. The number of benzene rings is 2. The van der Waals surface area contributed by atoms with E-state index in [0.29, 0.717) is 12.2 Å². The fourth-order valence-electron chi connectivity index (χ4n) is 1.92. The quantitative estimate of drug-likeness (QED) is 0.852. The van der Waals surface area contributed by atoms with E-state index in [2.05, 4.69) is 10.6 Å². The van der Waals surface area contributed by atoms with Gasteiger partial charge in [-0.05, 0) is 31.2 Å². The zero-order valence-electron chi connectivity index (χ0n) is 12.9. The number of carbonyl (C=O) groups is 2. The van der Waals surface area contributed by atoms with Crippen LogP contribution in [0.25, 0.3) is 0 Å². The van der Waals surface area contributed by atoms with E-state index in [9.17, 15) is 18.4 Å². The second-order valence-corrected chi connectivity index (χ2v) is 4.79. The van der Waals surface area contributed by atoms with Crippen LogP contribution < -0.4 is 10.6 Å². The maximum absolute atomic E-state index is 14.4. The molecule has 0 radical (unpaired) electrons. The number of amides is 2. The van der Waals surface area contributed by atoms with Crippen molar-refractivity contribution in [2.75, 3.05) is 23.8 Å². The van der Waals surface area contributed by atoms with E-state index >= 15 is 0 Å². The van der Waals surface area contributed by atoms with Crippen LogP contribution in [0.2, 0.25) is 0 Å². The summed E-state index contributed by atoms with van der Waals surface area (Å²) >= 11 is 0. The van der Waals surface area contributed by atoms with Gasteiger partial charge < -0.3 is 15.4 Å². The summed E-state index contributed by atoms with van der Waals surface area (Å²) in [6, 6.07) is 10.2. The van der Waals surface area contributed by atoms with Crippen molar-refractivity contribution in [1.29, 1.82) is 0 Å². The molecule has 0 bridgehead atoms. The van der Waals surface area contributed by atoms with Crippen molar-refractivity contribution in [3.63, 3.8) is 0 Å². The summed E-state index contributed by atoms with van der Waals surface area (Å²) in [5.74, 6) is -3.26. The van der Waals surface area contributed by atoms with Gasteiger partial charge in [-0.2, -0.15) is 0 Å². The van der Waals surface area contributed by atoms with Crippen LogP contribution in [0.15, 0.2) is 42.5 Å². The molecule has 0 spiro atoms. The highest BCUT2D eigenvalue weighted by Crippen LogP contribution is 2.26. The lowest BCUT2D eigenvalue weighted by atomic mass is 10.2. The first-order valence-corrected chi connectivity index (χ1v) is 7.25. The number of nitrogens with one attached hydrogen (secondary N) is 2. The highest BCUT2D eigenvalue weighted by molar-refractivity contribution is 6.04. The van der Waals surface area contributed by atoms with Crippen molar-refractivity contribution in [2.24, 2.45) is 0 Å². The molecule has 2 aromatic carbocycles. The SMILES string of the molecule is CCOCC(=O)Nc1c(F)ccc(NC(=O)c2ccccc2)c1F. The Morgan fingerprint density at radius 1 is 1.04 bits per heavy atom. The van der Waals surface area contributed by atoms with Gasteiger partial charge in [0, 0.05) is 12.2 Å². The number of ether oxygens (including phenoxy) is 1. The Labute approximate surface area is 137 Å². The average molecular weight is 334 g/mol. The van der Waals surface area contributed by atoms with E-state index in [1.54, 1.807) is 37.3 Å². The largest absolute Gasteiger partial charge is 0.372 e. The van der Waals surface area contributed by atoms with E-state index < -0.39 is 29.1 Å². The lowest BCUT2D eigenvalue weighted by molar-refractivity contribution is -0.120. The fourth-order valence-corrected chi connectivity index (χ4v) is 1.92. The maximum Gasteiger partial charge on any atom is 0.255 e. The molecule has 2 N–H and O–H groups in total. The third-order valence-electron chi connectivity index (χ3n) is 3.08. The monoisotopic (exact) mass is 334 g/mol. The molecule has 2 rings (SSSR count). The van der Waals surface area contributed by atoms with E-state index in [1.807, 2.05) is 0 Å². The first-order valence-electron chi connectivity index (χ1n) is 7.25. The standard InChI is InChI=1S/C17H16F2N2O3/c1-2-24-10-14(22)21-16-12(18)8-9-13(15(16)19)20-17(23)11-6-4-3-5-7-11/h3-9H,2,10H2,1H3,(H,20,23)(H,21,22). The van der Waals surface area contributed by atoms with E-state index in [4.69, 9.17) is 4.74 Å². The third kappa shape index (κ3) is 4.36. The van der Waals surface area contributed by atoms with Crippen LogP contribution in [0.5, 0.6) is 0 Å². The summed E-state index contributed by atoms with van der Waals surface area (Å²) < 4.78 is 33.0. The van der Waals surface area contributed by atoms with Crippen molar-refractivity contribution >= 4 is 23.2 Å². The minimum absolute atomic E-state index is 0.239. The smallest absolute Gasteiger partial charge is 0.255 e. The first kappa shape index (κ1) is 17.6. The molecular formula is C17H16F2N2O3. The third-order valence-corrected chi connectivity index (χ3v) is 3.08. The molecule has 0 heterocycles. The molecule has 0 aliphatic rings. The van der Waals surface area contributed by atoms with Gasteiger partial charge in [0.05, 0.1) is 5.69 Å². The van der Waals surface area contributed by atoms with Gasteiger partial charge >= 0.3 is 0 Å². The number of halogens is 2. The van der Waals surface area contributed by atoms with Gasteiger partial charge in [0.1, 0.15) is 18.1 Å². The summed E-state index contributed by atoms with van der Waals surface area (Å²) in [5.41, 5.74) is -0.550. The Morgan fingerprint density at radius 3 is 2.42 bits per heavy atom. The van der Waals surface area contributed by atoms with Crippen LogP contribution in [-0.2, 0) is 9.53 Å². The van der Waals surface area contributed by atoms with Crippen LogP contribution >= 0.6 is 0 Å². The fraction of sp³-hybridized carbons (Fsp3) is 0.176. The molecule has 0 fully saturated rings. The molecule has 2 aromatic rings. The zero-order chi connectivity index (χ0) is 17.5. The van der Waals surface area contributed by atoms with E-state index in [-0.39, 0.29) is 12.3 Å². The summed E-state index contributed by atoms with van der Waals surface area (Å²) in [6.45, 7) is 1.66. The molecule has 0 aromatic heterocycles. The van der Waals surface area contributed by atoms with Gasteiger partial charge in [-0.25, -0.2) is 8.78 Å². The van der Waals surface area contributed by atoms with Crippen molar-refractivity contribution < 1.29 is 23.1 Å². The van der Waals surface area contributed by atoms with Gasteiger partial charge in [-0.3, -0.25) is 9.59 Å². The molecular weight excluding hydrogens is 318 g/mol. The van der Waals surface area contributed by atoms with Crippen LogP contribution in [0.4, 0.5) is 20.2 Å². The van der Waals surface area contributed by atoms with Crippen LogP contribution in [0.1, 0.15) is 17.3 Å². The van der Waals surface area contributed by atoms with Crippen molar-refractivity contribution in [1.82, 2.24) is 0 Å². The van der Waals surface area contributed by atoms with Gasteiger partial charge in [0.15, 0.2) is 5.82 Å². The van der Waals surface area contributed by atoms with Crippen LogP contribution in [0, 0.1) is 11.6 Å². The number of hydrogen-bond acceptors (Lipinski definition) is 3. The molecule has 24 heavy (non-hydrogen) atoms. The molecule has 0 saturated carbocycles. The van der Waals surface area contributed by atoms with Crippen LogP contribution in [-0.4, -0.2) is 25.0 Å². The van der Waals surface area contributed by atoms with Gasteiger partial charge in [-0.15, -0.1) is 0 Å². The molecule has 126 valence electrons. The summed E-state index contributed by atoms with van der Waals surface area (Å²) in [7, 11) is 0. The highest BCUT2D eigenvalue weighted by Gasteiger charge is 2.18. The average Bonchev–Trinajstić information content (AvgIpc) is 2.60. The first-order chi connectivity index (χ1) is 11.5. The summed E-state index contributed by atoms with van der Waals surface area (Å²) in [5, 5.41) is 4.45. The molecule has 2 amide bonds. The second kappa shape index (κ2) is 8.16.